The summed E-state index contributed by atoms with van der Waals surface area (Å²) >= 11 is 0. The lowest BCUT2D eigenvalue weighted by molar-refractivity contribution is -0.199. The first-order valence-corrected chi connectivity index (χ1v) is 6.72. The minimum atomic E-state index is -4.97. The fourth-order valence-corrected chi connectivity index (χ4v) is 1.52. The van der Waals surface area contributed by atoms with Crippen molar-refractivity contribution in [3.05, 3.63) is 30.3 Å². The summed E-state index contributed by atoms with van der Waals surface area (Å²) in [7, 11) is 0. The van der Waals surface area contributed by atoms with E-state index in [-0.39, 0.29) is 5.69 Å². The Bertz CT molecular complexity index is 613. The summed E-state index contributed by atoms with van der Waals surface area (Å²) in [5.41, 5.74) is 0.0368. The number of rotatable bonds is 6. The van der Waals surface area contributed by atoms with Crippen molar-refractivity contribution in [1.29, 1.82) is 0 Å². The van der Waals surface area contributed by atoms with Crippen LogP contribution < -0.4 is 5.32 Å². The van der Waals surface area contributed by atoms with Crippen LogP contribution in [0.4, 0.5) is 32.0 Å². The highest BCUT2D eigenvalue weighted by Gasteiger charge is 2.41. The van der Waals surface area contributed by atoms with E-state index < -0.39 is 49.3 Å². The maximum absolute atomic E-state index is 12.1. The molecular weight excluding hydrogens is 376 g/mol. The van der Waals surface area contributed by atoms with Crippen molar-refractivity contribution in [2.24, 2.45) is 5.92 Å². The number of carbonyl (C=O) groups is 3. The Morgan fingerprint density at radius 2 is 1.27 bits per heavy atom. The average molecular weight is 387 g/mol. The third-order valence-electron chi connectivity index (χ3n) is 2.53. The summed E-state index contributed by atoms with van der Waals surface area (Å²) in [6, 6.07) is 7.03. The number of hydrogen-bond acceptors (Lipinski definition) is 5. The summed E-state index contributed by atoms with van der Waals surface area (Å²) in [5.74, 6) is -8.17. The maximum atomic E-state index is 12.1. The van der Waals surface area contributed by atoms with Gasteiger partial charge < -0.3 is 14.8 Å². The van der Waals surface area contributed by atoms with Crippen LogP contribution in [0.5, 0.6) is 0 Å². The largest absolute Gasteiger partial charge is 0.455 e. The molecule has 0 aliphatic rings. The van der Waals surface area contributed by atoms with Gasteiger partial charge in [-0.1, -0.05) is 18.2 Å². The monoisotopic (exact) mass is 387 g/mol. The number of hydrogen-bond donors (Lipinski definition) is 1. The summed E-state index contributed by atoms with van der Waals surface area (Å²) in [6.07, 6.45) is -9.93. The van der Waals surface area contributed by atoms with Gasteiger partial charge >= 0.3 is 24.3 Å². The Labute approximate surface area is 142 Å². The van der Waals surface area contributed by atoms with Gasteiger partial charge in [0.05, 0.1) is 0 Å². The molecular formula is C14H11F6NO5. The van der Waals surface area contributed by atoms with Gasteiger partial charge in [-0.05, 0) is 12.1 Å². The number of benzene rings is 1. The summed E-state index contributed by atoms with van der Waals surface area (Å²) in [4.78, 5) is 35.2. The average Bonchev–Trinajstić information content (AvgIpc) is 2.51. The molecule has 0 aliphatic carbocycles. The molecule has 12 heteroatoms. The van der Waals surface area contributed by atoms with Crippen LogP contribution in [-0.2, 0) is 23.9 Å². The third kappa shape index (κ3) is 7.85. The van der Waals surface area contributed by atoms with E-state index in [2.05, 4.69) is 9.47 Å². The van der Waals surface area contributed by atoms with E-state index in [1.165, 1.54) is 24.3 Å². The van der Waals surface area contributed by atoms with Crippen LogP contribution in [0.15, 0.2) is 30.3 Å². The highest BCUT2D eigenvalue weighted by atomic mass is 19.4. The molecule has 1 rings (SSSR count). The minimum absolute atomic E-state index is 0.0368. The van der Waals surface area contributed by atoms with Crippen LogP contribution in [0.25, 0.3) is 0 Å². The van der Waals surface area contributed by atoms with Gasteiger partial charge in [0.15, 0.2) is 13.2 Å². The van der Waals surface area contributed by atoms with Crippen molar-refractivity contribution in [3.8, 4) is 0 Å². The first-order valence-electron chi connectivity index (χ1n) is 6.72. The highest BCUT2D eigenvalue weighted by Crippen LogP contribution is 2.19. The van der Waals surface area contributed by atoms with Crippen LogP contribution in [0.2, 0.25) is 0 Å². The Balaban J connectivity index is 2.90. The number of amides is 1. The number of alkyl halides is 6. The van der Waals surface area contributed by atoms with Crippen molar-refractivity contribution in [1.82, 2.24) is 0 Å². The normalized spacial score (nSPS) is 11.8. The molecule has 0 heterocycles. The zero-order valence-electron chi connectivity index (χ0n) is 12.7. The summed E-state index contributed by atoms with van der Waals surface area (Å²) in [6.45, 7) is -4.26. The topological polar surface area (TPSA) is 81.7 Å². The standard InChI is InChI=1S/C14H11F6NO5/c15-13(16,17)6-25-11(23)9(12(24)26-7-14(18,19)20)10(22)21-8-4-2-1-3-5-8/h1-5,9H,6-7H2,(H,21,22). The van der Waals surface area contributed by atoms with Gasteiger partial charge in [-0.25, -0.2) is 0 Å². The van der Waals surface area contributed by atoms with E-state index in [1.54, 1.807) is 6.07 Å². The van der Waals surface area contributed by atoms with Crippen LogP contribution in [0.1, 0.15) is 0 Å². The van der Waals surface area contributed by atoms with Crippen LogP contribution in [-0.4, -0.2) is 43.4 Å². The van der Waals surface area contributed by atoms with Gasteiger partial charge in [0.2, 0.25) is 11.8 Å². The van der Waals surface area contributed by atoms with Gasteiger partial charge in [-0.15, -0.1) is 0 Å². The molecule has 144 valence electrons. The third-order valence-corrected chi connectivity index (χ3v) is 2.53. The molecule has 0 unspecified atom stereocenters. The van der Waals surface area contributed by atoms with Crippen LogP contribution in [0, 0.1) is 5.92 Å². The van der Waals surface area contributed by atoms with Crippen molar-refractivity contribution in [2.45, 2.75) is 12.4 Å². The number of para-hydroxylation sites is 1. The van der Waals surface area contributed by atoms with Crippen molar-refractivity contribution in [3.63, 3.8) is 0 Å². The predicted molar refractivity (Wildman–Crippen MR) is 72.6 cm³/mol. The smallest absolute Gasteiger partial charge is 0.422 e. The quantitative estimate of drug-likeness (QED) is 0.461. The van der Waals surface area contributed by atoms with E-state index in [0.29, 0.717) is 0 Å². The fourth-order valence-electron chi connectivity index (χ4n) is 1.52. The lowest BCUT2D eigenvalue weighted by atomic mass is 10.1. The molecule has 0 atom stereocenters. The predicted octanol–water partition coefficient (Wildman–Crippen LogP) is 2.45. The van der Waals surface area contributed by atoms with Crippen molar-refractivity contribution < 1.29 is 50.2 Å². The second kappa shape index (κ2) is 8.54. The molecule has 0 radical (unpaired) electrons. The number of carbonyl (C=O) groups excluding carboxylic acids is 3. The molecule has 0 spiro atoms. The molecule has 1 amide bonds. The van der Waals surface area contributed by atoms with Gasteiger partial charge in [-0.2, -0.15) is 26.3 Å². The lowest BCUT2D eigenvalue weighted by Gasteiger charge is -2.16. The van der Waals surface area contributed by atoms with Crippen molar-refractivity contribution >= 4 is 23.5 Å². The number of esters is 2. The Hall–Kier alpha value is -2.79. The Kier molecular flexibility index (Phi) is 6.98. The second-order valence-corrected chi connectivity index (χ2v) is 4.73. The molecule has 6 nitrogen and oxygen atoms in total. The Morgan fingerprint density at radius 1 is 0.846 bits per heavy atom. The van der Waals surface area contributed by atoms with Gasteiger partial charge in [-0.3, -0.25) is 14.4 Å². The zero-order valence-corrected chi connectivity index (χ0v) is 12.7. The molecule has 26 heavy (non-hydrogen) atoms. The minimum Gasteiger partial charge on any atom is -0.455 e. The van der Waals surface area contributed by atoms with E-state index in [0.717, 1.165) is 0 Å². The summed E-state index contributed by atoms with van der Waals surface area (Å²) < 4.78 is 80.1. The number of ether oxygens (including phenoxy) is 2. The van der Waals surface area contributed by atoms with E-state index in [1.807, 2.05) is 5.32 Å². The zero-order chi connectivity index (χ0) is 20.0. The first-order chi connectivity index (χ1) is 11.9. The number of anilines is 1. The van der Waals surface area contributed by atoms with Crippen molar-refractivity contribution in [2.75, 3.05) is 18.5 Å². The molecule has 0 bridgehead atoms. The van der Waals surface area contributed by atoms with Gasteiger partial charge in [0.25, 0.3) is 0 Å². The van der Waals surface area contributed by atoms with Crippen LogP contribution in [0.3, 0.4) is 0 Å². The Morgan fingerprint density at radius 3 is 1.65 bits per heavy atom. The van der Waals surface area contributed by atoms with Gasteiger partial charge in [0, 0.05) is 5.69 Å². The highest BCUT2D eigenvalue weighted by molar-refractivity contribution is 6.18. The maximum Gasteiger partial charge on any atom is 0.422 e. The van der Waals surface area contributed by atoms with Crippen LogP contribution >= 0.6 is 0 Å². The molecule has 0 fully saturated rings. The lowest BCUT2D eigenvalue weighted by Crippen LogP contribution is -2.40. The molecule has 0 saturated heterocycles. The molecule has 1 aromatic carbocycles. The number of halogens is 6. The second-order valence-electron chi connectivity index (χ2n) is 4.73. The molecule has 0 saturated carbocycles. The SMILES string of the molecule is O=C(Nc1ccccc1)C(C(=O)OCC(F)(F)F)C(=O)OCC(F)(F)F. The molecule has 1 aromatic rings. The fraction of sp³-hybridized carbons (Fsp3) is 0.357. The molecule has 1 N–H and O–H groups in total. The van der Waals surface area contributed by atoms with E-state index in [4.69, 9.17) is 0 Å². The van der Waals surface area contributed by atoms with E-state index >= 15 is 0 Å². The first kappa shape index (κ1) is 21.3. The number of nitrogens with one attached hydrogen (secondary N) is 1. The molecule has 0 aliphatic heterocycles. The summed E-state index contributed by atoms with van der Waals surface area (Å²) in [5, 5.41) is 2.00. The molecule has 0 aromatic heterocycles. The van der Waals surface area contributed by atoms with Gasteiger partial charge in [0.1, 0.15) is 0 Å². The van der Waals surface area contributed by atoms with E-state index in [9.17, 15) is 40.7 Å².